The van der Waals surface area contributed by atoms with E-state index in [2.05, 4.69) is 13.8 Å². The third-order valence-electron chi connectivity index (χ3n) is 3.65. The predicted molar refractivity (Wildman–Crippen MR) is 78.0 cm³/mol. The summed E-state index contributed by atoms with van der Waals surface area (Å²) in [6.45, 7) is 8.66. The summed E-state index contributed by atoms with van der Waals surface area (Å²) in [4.78, 5) is 0. The van der Waals surface area contributed by atoms with Gasteiger partial charge in [0, 0.05) is 0 Å². The second-order valence-electron chi connectivity index (χ2n) is 4.74. The fraction of sp³-hybridized carbons (Fsp3) is 1.00. The maximum absolute atomic E-state index is 2.34. The number of hydrogen-bond acceptors (Lipinski definition) is 0. The monoisotopic (exact) mass is 228 g/mol. The smallest absolute Gasteiger partial charge is 0.0386 e. The van der Waals surface area contributed by atoms with Crippen molar-refractivity contribution in [3.05, 3.63) is 0 Å². The minimum Gasteiger partial charge on any atom is -0.0776 e. The summed E-state index contributed by atoms with van der Waals surface area (Å²) in [7, 11) is 0. The number of unbranched alkanes of at least 4 members (excludes halogenated alkanes) is 1. The van der Waals surface area contributed by atoms with Crippen LogP contribution in [0.3, 0.4) is 0 Å². The van der Waals surface area contributed by atoms with Crippen molar-refractivity contribution in [1.82, 2.24) is 0 Å². The van der Waals surface area contributed by atoms with Crippen molar-refractivity contribution < 1.29 is 0 Å². The highest BCUT2D eigenvalue weighted by atomic mass is 14.3. The molecule has 0 heteroatoms. The van der Waals surface area contributed by atoms with Gasteiger partial charge in [-0.25, -0.2) is 0 Å². The molecule has 0 amide bonds. The second-order valence-corrected chi connectivity index (χ2v) is 4.74. The van der Waals surface area contributed by atoms with Crippen LogP contribution in [0.5, 0.6) is 0 Å². The summed E-state index contributed by atoms with van der Waals surface area (Å²) in [5.74, 6) is 2.18. The molecule has 0 radical (unpaired) electrons. The Morgan fingerprint density at radius 3 is 1.75 bits per heavy atom. The first-order chi connectivity index (χ1) is 7.38. The molecule has 0 nitrogen and oxygen atoms in total. The molecule has 0 saturated heterocycles. The molecule has 0 N–H and O–H groups in total. The van der Waals surface area contributed by atoms with Gasteiger partial charge in [-0.3, -0.25) is 0 Å². The van der Waals surface area contributed by atoms with Crippen LogP contribution in [0.4, 0.5) is 0 Å². The third-order valence-corrected chi connectivity index (χ3v) is 3.65. The molecule has 100 valence electrons. The fourth-order valence-electron chi connectivity index (χ4n) is 2.88. The van der Waals surface area contributed by atoms with Crippen LogP contribution >= 0.6 is 0 Å². The first kappa shape index (κ1) is 18.4. The number of hydrogen-bond donors (Lipinski definition) is 0. The van der Waals surface area contributed by atoms with Crippen molar-refractivity contribution in [2.75, 3.05) is 0 Å². The van der Waals surface area contributed by atoms with E-state index < -0.39 is 0 Å². The summed E-state index contributed by atoms with van der Waals surface area (Å²) >= 11 is 0. The molecule has 0 aromatic rings. The lowest BCUT2D eigenvalue weighted by Crippen LogP contribution is -2.19. The van der Waals surface area contributed by atoms with Crippen LogP contribution in [0.1, 0.15) is 92.9 Å². The molecule has 2 atom stereocenters. The molecule has 16 heavy (non-hydrogen) atoms. The summed E-state index contributed by atoms with van der Waals surface area (Å²) < 4.78 is 0. The maximum Gasteiger partial charge on any atom is -0.0386 e. The van der Waals surface area contributed by atoms with Gasteiger partial charge in [-0.2, -0.15) is 0 Å². The first-order valence-electron chi connectivity index (χ1n) is 7.38. The van der Waals surface area contributed by atoms with Gasteiger partial charge in [0.15, 0.2) is 0 Å². The zero-order valence-electron chi connectivity index (χ0n) is 11.5. The molecule has 0 aromatic heterocycles. The lowest BCUT2D eigenvalue weighted by atomic mass is 9.75. The Kier molecular flexibility index (Phi) is 15.0. The average Bonchev–Trinajstić information content (AvgIpc) is 2.31. The number of rotatable bonds is 5. The van der Waals surface area contributed by atoms with E-state index in [9.17, 15) is 0 Å². The zero-order valence-corrected chi connectivity index (χ0v) is 11.5. The van der Waals surface area contributed by atoms with E-state index in [-0.39, 0.29) is 7.43 Å². The van der Waals surface area contributed by atoms with Crippen LogP contribution in [0, 0.1) is 11.8 Å². The molecule has 1 aliphatic rings. The SMILES string of the molecule is C.CC.CCCCC1CCCCC1CCC. The zero-order chi connectivity index (χ0) is 11.5. The topological polar surface area (TPSA) is 0 Å². The van der Waals surface area contributed by atoms with Crippen molar-refractivity contribution in [3.63, 3.8) is 0 Å². The molecule has 0 spiro atoms. The van der Waals surface area contributed by atoms with E-state index in [1.54, 1.807) is 0 Å². The highest BCUT2D eigenvalue weighted by Gasteiger charge is 2.23. The normalized spacial score (nSPS) is 24.0. The van der Waals surface area contributed by atoms with Crippen LogP contribution in [0.2, 0.25) is 0 Å². The second kappa shape index (κ2) is 13.1. The first-order valence-corrected chi connectivity index (χ1v) is 7.38. The highest BCUT2D eigenvalue weighted by molar-refractivity contribution is 4.75. The third kappa shape index (κ3) is 7.30. The minimum absolute atomic E-state index is 0. The Morgan fingerprint density at radius 1 is 0.812 bits per heavy atom. The Bertz CT molecular complexity index is 115. The molecule has 0 heterocycles. The Hall–Kier alpha value is 0. The van der Waals surface area contributed by atoms with Crippen molar-refractivity contribution in [2.24, 2.45) is 11.8 Å². The van der Waals surface area contributed by atoms with Gasteiger partial charge in [0.05, 0.1) is 0 Å². The van der Waals surface area contributed by atoms with Gasteiger partial charge in [-0.1, -0.05) is 92.9 Å². The van der Waals surface area contributed by atoms with Gasteiger partial charge in [0.25, 0.3) is 0 Å². The predicted octanol–water partition coefficient (Wildman–Crippen LogP) is 6.45. The van der Waals surface area contributed by atoms with Crippen LogP contribution in [-0.2, 0) is 0 Å². The van der Waals surface area contributed by atoms with Gasteiger partial charge >= 0.3 is 0 Å². The van der Waals surface area contributed by atoms with Crippen LogP contribution in [-0.4, -0.2) is 0 Å². The van der Waals surface area contributed by atoms with Gasteiger partial charge in [-0.05, 0) is 11.8 Å². The van der Waals surface area contributed by atoms with Crippen molar-refractivity contribution >= 4 is 0 Å². The molecule has 0 bridgehead atoms. The summed E-state index contributed by atoms with van der Waals surface area (Å²) in [5.41, 5.74) is 0. The van der Waals surface area contributed by atoms with E-state index >= 15 is 0 Å². The quantitative estimate of drug-likeness (QED) is 0.507. The van der Waals surface area contributed by atoms with Crippen LogP contribution < -0.4 is 0 Å². The van der Waals surface area contributed by atoms with Crippen molar-refractivity contribution in [1.29, 1.82) is 0 Å². The minimum atomic E-state index is 0. The van der Waals surface area contributed by atoms with Crippen LogP contribution in [0.15, 0.2) is 0 Å². The molecule has 1 aliphatic carbocycles. The molecule has 1 rings (SSSR count). The lowest BCUT2D eigenvalue weighted by Gasteiger charge is -2.31. The lowest BCUT2D eigenvalue weighted by molar-refractivity contribution is 0.206. The standard InChI is InChI=1S/C13H26.C2H6.CH4/c1-3-5-9-13-11-7-6-10-12(13)8-4-2;1-2;/h12-13H,3-11H2,1-2H3;1-2H3;1H4. The summed E-state index contributed by atoms with van der Waals surface area (Å²) in [5, 5.41) is 0. The average molecular weight is 228 g/mol. The summed E-state index contributed by atoms with van der Waals surface area (Å²) in [6.07, 6.45) is 13.3. The molecular formula is C16H36. The van der Waals surface area contributed by atoms with E-state index in [1.165, 1.54) is 57.8 Å². The van der Waals surface area contributed by atoms with Gasteiger partial charge in [0.1, 0.15) is 0 Å². The molecule has 1 saturated carbocycles. The Balaban J connectivity index is 0. The van der Waals surface area contributed by atoms with E-state index in [0.717, 1.165) is 11.8 Å². The fourth-order valence-corrected chi connectivity index (χ4v) is 2.88. The highest BCUT2D eigenvalue weighted by Crippen LogP contribution is 2.36. The van der Waals surface area contributed by atoms with E-state index in [1.807, 2.05) is 13.8 Å². The van der Waals surface area contributed by atoms with Gasteiger partial charge < -0.3 is 0 Å². The van der Waals surface area contributed by atoms with E-state index in [0.29, 0.717) is 0 Å². The van der Waals surface area contributed by atoms with Crippen molar-refractivity contribution in [3.8, 4) is 0 Å². The maximum atomic E-state index is 2.34. The Morgan fingerprint density at radius 2 is 1.31 bits per heavy atom. The largest absolute Gasteiger partial charge is 0.0776 e. The molecular weight excluding hydrogens is 192 g/mol. The molecule has 1 fully saturated rings. The summed E-state index contributed by atoms with van der Waals surface area (Å²) in [6, 6.07) is 0. The van der Waals surface area contributed by atoms with Crippen LogP contribution in [0.25, 0.3) is 0 Å². The molecule has 0 aromatic carbocycles. The van der Waals surface area contributed by atoms with E-state index in [4.69, 9.17) is 0 Å². The van der Waals surface area contributed by atoms with Gasteiger partial charge in [-0.15, -0.1) is 0 Å². The molecule has 0 aliphatic heterocycles. The molecule has 2 unspecified atom stereocenters. The van der Waals surface area contributed by atoms with Gasteiger partial charge in [0.2, 0.25) is 0 Å². The Labute approximate surface area is 105 Å². The van der Waals surface area contributed by atoms with Crippen molar-refractivity contribution in [2.45, 2.75) is 92.9 Å².